The fourth-order valence-corrected chi connectivity index (χ4v) is 3.65. The first kappa shape index (κ1) is 19.3. The Labute approximate surface area is 155 Å². The monoisotopic (exact) mass is 380 g/mol. The molecule has 0 radical (unpaired) electrons. The van der Waals surface area contributed by atoms with Crippen LogP contribution in [0.15, 0.2) is 23.1 Å². The van der Waals surface area contributed by atoms with Gasteiger partial charge in [-0.25, -0.2) is 0 Å². The number of carbonyl (C=O) groups excluding carboxylic acids is 2. The van der Waals surface area contributed by atoms with Crippen molar-refractivity contribution < 1.29 is 24.2 Å². The SMILES string of the molecule is CCOc1ccc(/C=C2\SC(=S)N([C@H](C)C(=O)[O-])C2=O)cc1OCC. The number of carboxylic acids is 1. The molecule has 8 heteroatoms. The molecule has 0 N–H and O–H groups in total. The standard InChI is InChI=1S/C17H19NO5S2/c1-4-22-12-7-6-11(8-13(12)23-5-2)9-14-15(19)18(17(24)25-14)10(3)16(20)21/h6-10H,4-5H2,1-3H3,(H,20,21)/p-1/b14-9-/t10-/m1/s1. The number of amides is 1. The average Bonchev–Trinajstić information content (AvgIpc) is 2.83. The molecule has 0 aliphatic carbocycles. The number of carbonyl (C=O) groups is 2. The van der Waals surface area contributed by atoms with E-state index in [9.17, 15) is 14.7 Å². The first-order valence-corrected chi connectivity index (χ1v) is 8.99. The highest BCUT2D eigenvalue weighted by molar-refractivity contribution is 8.26. The van der Waals surface area contributed by atoms with E-state index in [2.05, 4.69) is 0 Å². The Morgan fingerprint density at radius 1 is 1.32 bits per heavy atom. The second-order valence-electron chi connectivity index (χ2n) is 5.12. The first-order valence-electron chi connectivity index (χ1n) is 7.76. The molecule has 1 aromatic rings. The maximum absolute atomic E-state index is 12.4. The summed E-state index contributed by atoms with van der Waals surface area (Å²) in [7, 11) is 0. The fourth-order valence-electron chi connectivity index (χ4n) is 2.23. The number of rotatable bonds is 7. The van der Waals surface area contributed by atoms with Crippen molar-refractivity contribution in [1.82, 2.24) is 4.90 Å². The van der Waals surface area contributed by atoms with E-state index in [0.29, 0.717) is 29.6 Å². The van der Waals surface area contributed by atoms with E-state index < -0.39 is 17.9 Å². The fraction of sp³-hybridized carbons (Fsp3) is 0.353. The summed E-state index contributed by atoms with van der Waals surface area (Å²) in [5.41, 5.74) is 0.730. The van der Waals surface area contributed by atoms with Gasteiger partial charge in [0.1, 0.15) is 4.32 Å². The topological polar surface area (TPSA) is 78.9 Å². The third kappa shape index (κ3) is 4.32. The molecule has 1 aliphatic rings. The number of carboxylic acid groups (broad SMARTS) is 1. The van der Waals surface area contributed by atoms with Gasteiger partial charge >= 0.3 is 0 Å². The molecular weight excluding hydrogens is 362 g/mol. The molecule has 134 valence electrons. The molecule has 1 aliphatic heterocycles. The van der Waals surface area contributed by atoms with Gasteiger partial charge in [0.25, 0.3) is 5.91 Å². The molecule has 0 spiro atoms. The zero-order chi connectivity index (χ0) is 18.6. The van der Waals surface area contributed by atoms with Crippen molar-refractivity contribution in [3.63, 3.8) is 0 Å². The van der Waals surface area contributed by atoms with Crippen LogP contribution in [0.1, 0.15) is 26.3 Å². The van der Waals surface area contributed by atoms with Crippen molar-refractivity contribution in [2.24, 2.45) is 0 Å². The van der Waals surface area contributed by atoms with E-state index >= 15 is 0 Å². The van der Waals surface area contributed by atoms with Gasteiger partial charge < -0.3 is 19.4 Å². The Hall–Kier alpha value is -2.06. The maximum atomic E-state index is 12.4. The lowest BCUT2D eigenvalue weighted by molar-refractivity contribution is -0.309. The van der Waals surface area contributed by atoms with Gasteiger partial charge in [0.05, 0.1) is 30.1 Å². The van der Waals surface area contributed by atoms with Crippen LogP contribution in [0.3, 0.4) is 0 Å². The minimum atomic E-state index is -1.35. The Bertz CT molecular complexity index is 732. The number of ether oxygens (including phenoxy) is 2. The summed E-state index contributed by atoms with van der Waals surface area (Å²) in [6, 6.07) is 4.22. The van der Waals surface area contributed by atoms with E-state index in [4.69, 9.17) is 21.7 Å². The van der Waals surface area contributed by atoms with Crippen LogP contribution in [0.5, 0.6) is 11.5 Å². The lowest BCUT2D eigenvalue weighted by atomic mass is 10.1. The Balaban J connectivity index is 2.31. The smallest absolute Gasteiger partial charge is 0.266 e. The minimum Gasteiger partial charge on any atom is -0.548 e. The van der Waals surface area contributed by atoms with Crippen LogP contribution in [0, 0.1) is 0 Å². The van der Waals surface area contributed by atoms with E-state index in [1.54, 1.807) is 24.3 Å². The Morgan fingerprint density at radius 2 is 1.96 bits per heavy atom. The number of hydrogen-bond acceptors (Lipinski definition) is 7. The van der Waals surface area contributed by atoms with E-state index in [1.807, 2.05) is 13.8 Å². The van der Waals surface area contributed by atoms with E-state index in [0.717, 1.165) is 22.2 Å². The number of benzene rings is 1. The van der Waals surface area contributed by atoms with E-state index in [-0.39, 0.29) is 4.32 Å². The summed E-state index contributed by atoms with van der Waals surface area (Å²) < 4.78 is 11.3. The van der Waals surface area contributed by atoms with Gasteiger partial charge in [-0.15, -0.1) is 0 Å². The molecule has 1 amide bonds. The summed E-state index contributed by atoms with van der Waals surface area (Å²) in [6.07, 6.45) is 1.65. The van der Waals surface area contributed by atoms with Crippen molar-refractivity contribution in [3.05, 3.63) is 28.7 Å². The van der Waals surface area contributed by atoms with Gasteiger partial charge in [-0.2, -0.15) is 0 Å². The molecule has 0 saturated carbocycles. The van der Waals surface area contributed by atoms with Crippen molar-refractivity contribution in [3.8, 4) is 11.5 Å². The van der Waals surface area contributed by atoms with Crippen LogP contribution in [-0.2, 0) is 9.59 Å². The molecule has 0 aromatic heterocycles. The Morgan fingerprint density at radius 3 is 2.56 bits per heavy atom. The quantitative estimate of drug-likeness (QED) is 0.527. The molecule has 0 bridgehead atoms. The third-order valence-electron chi connectivity index (χ3n) is 3.42. The molecule has 6 nitrogen and oxygen atoms in total. The predicted octanol–water partition coefficient (Wildman–Crippen LogP) is 1.82. The summed E-state index contributed by atoms with van der Waals surface area (Å²) >= 11 is 6.18. The van der Waals surface area contributed by atoms with Gasteiger partial charge in [-0.3, -0.25) is 9.69 Å². The summed E-state index contributed by atoms with van der Waals surface area (Å²) in [5.74, 6) is -0.591. The van der Waals surface area contributed by atoms with Crippen LogP contribution < -0.4 is 14.6 Å². The van der Waals surface area contributed by atoms with Crippen LogP contribution in [0.4, 0.5) is 0 Å². The minimum absolute atomic E-state index is 0.198. The molecule has 1 atom stereocenters. The van der Waals surface area contributed by atoms with Crippen molar-refractivity contribution in [2.75, 3.05) is 13.2 Å². The van der Waals surface area contributed by atoms with Crippen molar-refractivity contribution in [2.45, 2.75) is 26.8 Å². The molecular formula is C17H18NO5S2-. The number of aliphatic carboxylic acids is 1. The van der Waals surface area contributed by atoms with Crippen LogP contribution >= 0.6 is 24.0 Å². The molecule has 0 unspecified atom stereocenters. The highest BCUT2D eigenvalue weighted by Crippen LogP contribution is 2.35. The first-order chi connectivity index (χ1) is 11.9. The van der Waals surface area contributed by atoms with Gasteiger partial charge in [0.15, 0.2) is 11.5 Å². The lowest BCUT2D eigenvalue weighted by Gasteiger charge is -2.23. The third-order valence-corrected chi connectivity index (χ3v) is 4.75. The molecule has 1 heterocycles. The predicted molar refractivity (Wildman–Crippen MR) is 98.3 cm³/mol. The highest BCUT2D eigenvalue weighted by atomic mass is 32.2. The summed E-state index contributed by atoms with van der Waals surface area (Å²) in [6.45, 7) is 6.11. The second-order valence-corrected chi connectivity index (χ2v) is 6.79. The average molecular weight is 380 g/mol. The number of nitrogens with zero attached hydrogens (tertiary/aromatic N) is 1. The zero-order valence-corrected chi connectivity index (χ0v) is 15.7. The van der Waals surface area contributed by atoms with Gasteiger partial charge in [0.2, 0.25) is 0 Å². The zero-order valence-electron chi connectivity index (χ0n) is 14.1. The van der Waals surface area contributed by atoms with Crippen LogP contribution in [0.2, 0.25) is 0 Å². The molecule has 1 fully saturated rings. The molecule has 2 rings (SSSR count). The van der Waals surface area contributed by atoms with Gasteiger partial charge in [0, 0.05) is 0 Å². The highest BCUT2D eigenvalue weighted by Gasteiger charge is 2.35. The largest absolute Gasteiger partial charge is 0.548 e. The normalized spacial score (nSPS) is 17.1. The van der Waals surface area contributed by atoms with Gasteiger partial charge in [-0.1, -0.05) is 30.0 Å². The van der Waals surface area contributed by atoms with Crippen molar-refractivity contribution >= 4 is 46.3 Å². The van der Waals surface area contributed by atoms with Crippen molar-refractivity contribution in [1.29, 1.82) is 0 Å². The number of hydrogen-bond donors (Lipinski definition) is 0. The maximum Gasteiger partial charge on any atom is 0.266 e. The molecule has 1 aromatic carbocycles. The summed E-state index contributed by atoms with van der Waals surface area (Å²) in [4.78, 5) is 24.9. The van der Waals surface area contributed by atoms with Crippen LogP contribution in [0.25, 0.3) is 6.08 Å². The molecule has 25 heavy (non-hydrogen) atoms. The lowest BCUT2D eigenvalue weighted by Crippen LogP contribution is -2.48. The number of thiocarbonyl (C=S) groups is 1. The summed E-state index contributed by atoms with van der Waals surface area (Å²) in [5, 5.41) is 11.0. The van der Waals surface area contributed by atoms with Crippen LogP contribution in [-0.4, -0.2) is 40.4 Å². The van der Waals surface area contributed by atoms with E-state index in [1.165, 1.54) is 6.92 Å². The Kier molecular flexibility index (Phi) is 6.44. The van der Waals surface area contributed by atoms with Gasteiger partial charge in [-0.05, 0) is 44.5 Å². The molecule has 1 saturated heterocycles. The second kappa shape index (κ2) is 8.35. The number of thioether (sulfide) groups is 1.